The van der Waals surface area contributed by atoms with Crippen LogP contribution in [-0.4, -0.2) is 63.3 Å². The Labute approximate surface area is 145 Å². The van der Waals surface area contributed by atoms with E-state index in [0.29, 0.717) is 30.9 Å². The van der Waals surface area contributed by atoms with Crippen LogP contribution in [0.25, 0.3) is 0 Å². The monoisotopic (exact) mass is 352 g/mol. The number of imidazole rings is 1. The molecule has 0 bridgehead atoms. The molecule has 2 aliphatic rings. The van der Waals surface area contributed by atoms with Crippen molar-refractivity contribution in [2.75, 3.05) is 20.3 Å². The minimum atomic E-state index is -0.873. The smallest absolute Gasteiger partial charge is 0.305 e. The number of carbonyl (C=O) groups excluding carboxylic acids is 1. The largest absolute Gasteiger partial charge is 0.469 e. The van der Waals surface area contributed by atoms with Crippen molar-refractivity contribution in [3.63, 3.8) is 0 Å². The number of rotatable bonds is 7. The van der Waals surface area contributed by atoms with Gasteiger partial charge in [-0.3, -0.25) is 9.36 Å². The Bertz CT molecular complexity index is 632. The van der Waals surface area contributed by atoms with Crippen molar-refractivity contribution >= 4 is 18.1 Å². The molecule has 1 aromatic heterocycles. The third-order valence-electron chi connectivity index (χ3n) is 4.56. The van der Waals surface area contributed by atoms with Gasteiger partial charge in [0.2, 0.25) is 0 Å². The van der Waals surface area contributed by atoms with Crippen LogP contribution in [0.1, 0.15) is 50.3 Å². The Morgan fingerprint density at radius 1 is 1.44 bits per heavy atom. The molecule has 138 valence electrons. The Hall–Kier alpha value is -1.97. The molecule has 3 heterocycles. The molecule has 9 heteroatoms. The van der Waals surface area contributed by atoms with Gasteiger partial charge in [0.1, 0.15) is 11.9 Å². The van der Waals surface area contributed by atoms with E-state index in [-0.39, 0.29) is 24.9 Å². The van der Waals surface area contributed by atoms with Crippen LogP contribution in [-0.2, 0) is 14.3 Å². The van der Waals surface area contributed by atoms with Gasteiger partial charge in [-0.2, -0.15) is 0 Å². The van der Waals surface area contributed by atoms with Crippen LogP contribution in [0.4, 0.5) is 5.82 Å². The number of aromatic nitrogens is 2. The Balaban J connectivity index is 1.59. The summed E-state index contributed by atoms with van der Waals surface area (Å²) in [5.41, 5.74) is 0.492. The van der Waals surface area contributed by atoms with E-state index in [2.05, 4.69) is 14.7 Å². The highest BCUT2D eigenvalue weighted by Crippen LogP contribution is 2.37. The number of nitrogens with zero attached hydrogens (tertiary/aromatic N) is 4. The second kappa shape index (κ2) is 7.94. The Morgan fingerprint density at radius 3 is 3.00 bits per heavy atom. The third kappa shape index (κ3) is 3.83. The fourth-order valence-electron chi connectivity index (χ4n) is 3.12. The molecular weight excluding hydrogens is 328 g/mol. The van der Waals surface area contributed by atoms with E-state index >= 15 is 0 Å². The van der Waals surface area contributed by atoms with Crippen LogP contribution >= 0.6 is 0 Å². The minimum Gasteiger partial charge on any atom is -0.469 e. The molecule has 1 fully saturated rings. The van der Waals surface area contributed by atoms with Gasteiger partial charge in [-0.25, -0.2) is 9.98 Å². The predicted molar refractivity (Wildman–Crippen MR) is 88.1 cm³/mol. The Morgan fingerprint density at radius 2 is 2.28 bits per heavy atom. The normalized spacial score (nSPS) is 25.2. The number of unbranched alkanes of at least 4 members (excludes halogenated alkanes) is 1. The van der Waals surface area contributed by atoms with Crippen LogP contribution in [0.3, 0.4) is 0 Å². The summed E-state index contributed by atoms with van der Waals surface area (Å²) in [6, 6.07) is 0. The fourth-order valence-corrected chi connectivity index (χ4v) is 3.12. The first-order valence-electron chi connectivity index (χ1n) is 8.52. The number of ether oxygens (including phenoxy) is 2. The molecule has 3 atom stereocenters. The molecular formula is C16H24N4O5. The molecule has 3 rings (SSSR count). The van der Waals surface area contributed by atoms with Gasteiger partial charge in [0, 0.05) is 13.0 Å². The van der Waals surface area contributed by atoms with Gasteiger partial charge in [-0.15, -0.1) is 0 Å². The average Bonchev–Trinajstić information content (AvgIpc) is 3.26. The summed E-state index contributed by atoms with van der Waals surface area (Å²) in [6.07, 6.45) is 5.31. The third-order valence-corrected chi connectivity index (χ3v) is 4.56. The van der Waals surface area contributed by atoms with Gasteiger partial charge in [0.05, 0.1) is 32.5 Å². The summed E-state index contributed by atoms with van der Waals surface area (Å²) in [5, 5.41) is 19.7. The number of fused-ring (bicyclic) bond motifs is 1. The molecule has 2 aliphatic heterocycles. The first-order valence-corrected chi connectivity index (χ1v) is 8.52. The molecule has 0 amide bonds. The molecule has 25 heavy (non-hydrogen) atoms. The summed E-state index contributed by atoms with van der Waals surface area (Å²) >= 11 is 0. The Kier molecular flexibility index (Phi) is 5.67. The summed E-state index contributed by atoms with van der Waals surface area (Å²) in [6.45, 7) is 0.569. The number of aliphatic hydroxyl groups is 2. The van der Waals surface area contributed by atoms with Crippen LogP contribution in [0.2, 0.25) is 0 Å². The highest BCUT2D eigenvalue weighted by molar-refractivity contribution is 5.69. The quantitative estimate of drug-likeness (QED) is 0.553. The van der Waals surface area contributed by atoms with E-state index in [1.54, 1.807) is 22.1 Å². The van der Waals surface area contributed by atoms with Gasteiger partial charge >= 0.3 is 5.97 Å². The van der Waals surface area contributed by atoms with Gasteiger partial charge in [-0.1, -0.05) is 0 Å². The molecule has 0 saturated carbocycles. The molecule has 1 unspecified atom stereocenters. The predicted octanol–water partition coefficient (Wildman–Crippen LogP) is 0.863. The van der Waals surface area contributed by atoms with Crippen LogP contribution in [0.15, 0.2) is 11.3 Å². The lowest BCUT2D eigenvalue weighted by Crippen LogP contribution is -2.31. The van der Waals surface area contributed by atoms with Crippen molar-refractivity contribution < 1.29 is 24.5 Å². The highest BCUT2D eigenvalue weighted by Gasteiger charge is 2.32. The van der Waals surface area contributed by atoms with E-state index in [1.807, 2.05) is 0 Å². The molecule has 1 saturated heterocycles. The molecule has 2 N–H and O–H groups in total. The van der Waals surface area contributed by atoms with Crippen molar-refractivity contribution in [3.8, 4) is 0 Å². The fraction of sp³-hybridized carbons (Fsp3) is 0.688. The second-order valence-electron chi connectivity index (χ2n) is 6.22. The second-order valence-corrected chi connectivity index (χ2v) is 6.22. The van der Waals surface area contributed by atoms with Crippen LogP contribution < -0.4 is 0 Å². The number of methoxy groups -OCH3 is 1. The zero-order valence-corrected chi connectivity index (χ0v) is 14.2. The minimum absolute atomic E-state index is 0.00136. The summed E-state index contributed by atoms with van der Waals surface area (Å²) < 4.78 is 12.2. The summed E-state index contributed by atoms with van der Waals surface area (Å²) in [4.78, 5) is 21.5. The lowest BCUT2D eigenvalue weighted by Gasteiger charge is -2.28. The van der Waals surface area contributed by atoms with E-state index in [9.17, 15) is 15.0 Å². The summed E-state index contributed by atoms with van der Waals surface area (Å²) in [5.74, 6) is 0.355. The van der Waals surface area contributed by atoms with E-state index in [4.69, 9.17) is 4.74 Å². The lowest BCUT2D eigenvalue weighted by atomic mass is 10.2. The van der Waals surface area contributed by atoms with Gasteiger partial charge in [-0.05, 0) is 25.7 Å². The first-order chi connectivity index (χ1) is 12.1. The van der Waals surface area contributed by atoms with Gasteiger partial charge in [0.15, 0.2) is 12.0 Å². The number of aliphatic imine (C=N–C) groups is 1. The number of esters is 1. The van der Waals surface area contributed by atoms with Crippen molar-refractivity contribution in [2.45, 2.75) is 50.7 Å². The standard InChI is InChI=1S/C16H24N4O5/c1-24-13(22)4-2-3-7-19-9-18-15-14(16(19)23)17-10-20(15)12-6-5-11(8-21)25-12/h9-12,16,21,23H,2-8H2,1H3/t11-,12+,16?/m0/s1. The molecule has 0 aromatic carbocycles. The molecule has 0 spiro atoms. The van der Waals surface area contributed by atoms with Crippen LogP contribution in [0, 0.1) is 0 Å². The van der Waals surface area contributed by atoms with E-state index in [0.717, 1.165) is 19.3 Å². The zero-order chi connectivity index (χ0) is 17.8. The molecule has 0 radical (unpaired) electrons. The zero-order valence-electron chi connectivity index (χ0n) is 14.2. The van der Waals surface area contributed by atoms with Crippen LogP contribution in [0.5, 0.6) is 0 Å². The van der Waals surface area contributed by atoms with Crippen molar-refractivity contribution in [3.05, 3.63) is 12.0 Å². The van der Waals surface area contributed by atoms with Crippen molar-refractivity contribution in [1.29, 1.82) is 0 Å². The maximum Gasteiger partial charge on any atom is 0.305 e. The van der Waals surface area contributed by atoms with Gasteiger partial charge in [0.25, 0.3) is 0 Å². The number of hydrogen-bond donors (Lipinski definition) is 2. The van der Waals surface area contributed by atoms with E-state index in [1.165, 1.54) is 7.11 Å². The molecule has 1 aromatic rings. The number of carbonyl (C=O) groups is 1. The van der Waals surface area contributed by atoms with Crippen molar-refractivity contribution in [2.24, 2.45) is 4.99 Å². The molecule has 9 nitrogen and oxygen atoms in total. The molecule has 0 aliphatic carbocycles. The lowest BCUT2D eigenvalue weighted by molar-refractivity contribution is -0.140. The number of hydrogen-bond acceptors (Lipinski definition) is 8. The maximum atomic E-state index is 11.1. The maximum absolute atomic E-state index is 11.1. The topological polar surface area (TPSA) is 109 Å². The van der Waals surface area contributed by atoms with Crippen molar-refractivity contribution in [1.82, 2.24) is 14.5 Å². The van der Waals surface area contributed by atoms with Gasteiger partial charge < -0.3 is 24.6 Å². The SMILES string of the molecule is COC(=O)CCCCN1C=Nc2c(ncn2[C@H]2CC[C@@H](CO)O2)C1O. The highest BCUT2D eigenvalue weighted by atomic mass is 16.5. The first kappa shape index (κ1) is 17.8. The number of aliphatic hydroxyl groups excluding tert-OH is 2. The van der Waals surface area contributed by atoms with E-state index < -0.39 is 6.23 Å². The summed E-state index contributed by atoms with van der Waals surface area (Å²) in [7, 11) is 1.37. The average molecular weight is 352 g/mol.